The molecule has 0 aromatic heterocycles. The molecule has 0 heterocycles. The Kier molecular flexibility index (Phi) is 11.3. The molecule has 110 valence electrons. The Balaban J connectivity index is 3.59. The zero-order valence-corrected chi connectivity index (χ0v) is 11.5. The summed E-state index contributed by atoms with van der Waals surface area (Å²) in [5.41, 5.74) is 7.63. The number of rotatable bonds is 13. The van der Waals surface area contributed by atoms with E-state index in [0.29, 0.717) is 46.2 Å². The second kappa shape index (κ2) is 12.0. The van der Waals surface area contributed by atoms with Gasteiger partial charge >= 0.3 is 0 Å². The Morgan fingerprint density at radius 1 is 1.26 bits per heavy atom. The topological polar surface area (TPSA) is 96.7 Å². The molecule has 0 aromatic carbocycles. The van der Waals surface area contributed by atoms with Gasteiger partial charge in [-0.3, -0.25) is 0 Å². The van der Waals surface area contributed by atoms with E-state index in [9.17, 15) is 5.11 Å². The van der Waals surface area contributed by atoms with Gasteiger partial charge in [0.15, 0.2) is 0 Å². The molecule has 0 amide bonds. The van der Waals surface area contributed by atoms with Crippen molar-refractivity contribution >= 4 is 0 Å². The molecular formula is C12H23N3O4. The van der Waals surface area contributed by atoms with Gasteiger partial charge in [-0.05, 0) is 5.53 Å². The molecule has 7 heteroatoms. The quantitative estimate of drug-likeness (QED) is 0.181. The Morgan fingerprint density at radius 3 is 2.58 bits per heavy atom. The van der Waals surface area contributed by atoms with E-state index in [1.165, 1.54) is 0 Å². The van der Waals surface area contributed by atoms with Gasteiger partial charge in [0.05, 0.1) is 46.2 Å². The third-order valence-corrected chi connectivity index (χ3v) is 2.29. The van der Waals surface area contributed by atoms with Crippen LogP contribution in [0.5, 0.6) is 0 Å². The first-order valence-corrected chi connectivity index (χ1v) is 6.14. The van der Waals surface area contributed by atoms with Gasteiger partial charge in [-0.1, -0.05) is 18.1 Å². The van der Waals surface area contributed by atoms with E-state index in [2.05, 4.69) is 16.6 Å². The summed E-state index contributed by atoms with van der Waals surface area (Å²) in [4.78, 5) is 2.61. The summed E-state index contributed by atoms with van der Waals surface area (Å²) in [6.07, 6.45) is 1.66. The zero-order chi connectivity index (χ0) is 14.4. The molecule has 0 aromatic rings. The third kappa shape index (κ3) is 10.5. The highest BCUT2D eigenvalue weighted by molar-refractivity contribution is 4.74. The normalized spacial score (nSPS) is 13.6. The highest BCUT2D eigenvalue weighted by atomic mass is 16.5. The molecule has 0 aliphatic heterocycles. The largest absolute Gasteiger partial charge is 0.396 e. The fraction of sp³-hybridized carbons (Fsp3) is 0.833. The van der Waals surface area contributed by atoms with Crippen molar-refractivity contribution in [2.24, 2.45) is 10.5 Å². The minimum Gasteiger partial charge on any atom is -0.396 e. The monoisotopic (exact) mass is 273 g/mol. The summed E-state index contributed by atoms with van der Waals surface area (Å²) in [6.45, 7) is 8.24. The molecule has 0 aliphatic carbocycles. The molecular weight excluding hydrogens is 250 g/mol. The number of ether oxygens (including phenoxy) is 3. The highest BCUT2D eigenvalue weighted by Crippen LogP contribution is 2.16. The maximum absolute atomic E-state index is 9.32. The summed E-state index contributed by atoms with van der Waals surface area (Å²) >= 11 is 0. The lowest BCUT2D eigenvalue weighted by Gasteiger charge is -2.26. The first-order valence-electron chi connectivity index (χ1n) is 6.14. The lowest BCUT2D eigenvalue weighted by molar-refractivity contribution is -0.0466. The molecule has 1 unspecified atom stereocenters. The van der Waals surface area contributed by atoms with Crippen LogP contribution in [-0.4, -0.2) is 57.9 Å². The summed E-state index contributed by atoms with van der Waals surface area (Å²) in [7, 11) is 0. The molecule has 7 nitrogen and oxygen atoms in total. The molecule has 0 spiro atoms. The second-order valence-electron chi connectivity index (χ2n) is 4.39. The van der Waals surface area contributed by atoms with Gasteiger partial charge in [0.25, 0.3) is 0 Å². The minimum atomic E-state index is -0.423. The smallest absolute Gasteiger partial charge is 0.0700 e. The van der Waals surface area contributed by atoms with E-state index in [4.69, 9.17) is 19.7 Å². The standard InChI is InChI=1S/C12H23N3O4/c1-3-5-18-10-12(2,9-16)11-19-8-7-17-6-4-14-15-13/h3,16H,1,4-11H2,2H3. The van der Waals surface area contributed by atoms with Crippen LogP contribution in [0.15, 0.2) is 17.8 Å². The van der Waals surface area contributed by atoms with E-state index in [1.807, 2.05) is 6.92 Å². The number of aliphatic hydroxyl groups excluding tert-OH is 1. The van der Waals surface area contributed by atoms with Crippen molar-refractivity contribution in [3.8, 4) is 0 Å². The summed E-state index contributed by atoms with van der Waals surface area (Å²) in [6, 6.07) is 0. The van der Waals surface area contributed by atoms with Gasteiger partial charge in [0.1, 0.15) is 0 Å². The Hall–Kier alpha value is -1.11. The predicted octanol–water partition coefficient (Wildman–Crippen LogP) is 1.53. The SMILES string of the molecule is C=CCOCC(C)(CO)COCCOCCN=[N+]=[N-]. The van der Waals surface area contributed by atoms with E-state index >= 15 is 0 Å². The predicted molar refractivity (Wildman–Crippen MR) is 71.9 cm³/mol. The average molecular weight is 273 g/mol. The Bertz CT molecular complexity index is 282. The lowest BCUT2D eigenvalue weighted by atomic mass is 9.94. The van der Waals surface area contributed by atoms with Crippen LogP contribution in [0.3, 0.4) is 0 Å². The van der Waals surface area contributed by atoms with Gasteiger partial charge in [-0.25, -0.2) is 0 Å². The first-order chi connectivity index (χ1) is 9.18. The molecule has 0 saturated carbocycles. The van der Waals surface area contributed by atoms with E-state index in [-0.39, 0.29) is 6.61 Å². The molecule has 0 aliphatic rings. The zero-order valence-electron chi connectivity index (χ0n) is 11.5. The lowest BCUT2D eigenvalue weighted by Crippen LogP contribution is -2.33. The van der Waals surface area contributed by atoms with E-state index < -0.39 is 5.41 Å². The van der Waals surface area contributed by atoms with Crippen molar-refractivity contribution in [1.82, 2.24) is 0 Å². The van der Waals surface area contributed by atoms with Crippen LogP contribution in [0, 0.1) is 5.41 Å². The first kappa shape index (κ1) is 17.9. The van der Waals surface area contributed by atoms with Crippen LogP contribution in [0.1, 0.15) is 6.92 Å². The fourth-order valence-electron chi connectivity index (χ4n) is 1.21. The van der Waals surface area contributed by atoms with Crippen molar-refractivity contribution < 1.29 is 19.3 Å². The van der Waals surface area contributed by atoms with Crippen LogP contribution >= 0.6 is 0 Å². The molecule has 0 radical (unpaired) electrons. The highest BCUT2D eigenvalue weighted by Gasteiger charge is 2.24. The van der Waals surface area contributed by atoms with E-state index in [1.54, 1.807) is 6.08 Å². The molecule has 19 heavy (non-hydrogen) atoms. The van der Waals surface area contributed by atoms with Crippen LogP contribution in [0.4, 0.5) is 0 Å². The fourth-order valence-corrected chi connectivity index (χ4v) is 1.21. The van der Waals surface area contributed by atoms with Crippen molar-refractivity contribution in [1.29, 1.82) is 0 Å². The third-order valence-electron chi connectivity index (χ3n) is 2.29. The van der Waals surface area contributed by atoms with Crippen molar-refractivity contribution in [2.75, 3.05) is 52.8 Å². The van der Waals surface area contributed by atoms with Gasteiger partial charge in [0.2, 0.25) is 0 Å². The molecule has 0 saturated heterocycles. The maximum Gasteiger partial charge on any atom is 0.0700 e. The molecule has 1 atom stereocenters. The second-order valence-corrected chi connectivity index (χ2v) is 4.39. The van der Waals surface area contributed by atoms with Crippen molar-refractivity contribution in [3.05, 3.63) is 23.1 Å². The average Bonchev–Trinajstić information content (AvgIpc) is 2.42. The van der Waals surface area contributed by atoms with Gasteiger partial charge in [-0.15, -0.1) is 6.58 Å². The summed E-state index contributed by atoms with van der Waals surface area (Å²) in [5.74, 6) is 0. The van der Waals surface area contributed by atoms with Crippen LogP contribution in [0.2, 0.25) is 0 Å². The minimum absolute atomic E-state index is 0.0120. The van der Waals surface area contributed by atoms with E-state index in [0.717, 1.165) is 0 Å². The molecule has 0 bridgehead atoms. The maximum atomic E-state index is 9.32. The van der Waals surface area contributed by atoms with Gasteiger partial charge in [-0.2, -0.15) is 0 Å². The number of hydrogen-bond acceptors (Lipinski definition) is 5. The van der Waals surface area contributed by atoms with Crippen LogP contribution < -0.4 is 0 Å². The Morgan fingerprint density at radius 2 is 1.95 bits per heavy atom. The molecule has 0 rings (SSSR count). The summed E-state index contributed by atoms with van der Waals surface area (Å²) in [5, 5.41) is 12.7. The van der Waals surface area contributed by atoms with Crippen molar-refractivity contribution in [2.45, 2.75) is 6.92 Å². The number of azide groups is 1. The molecule has 0 fully saturated rings. The number of hydrogen-bond donors (Lipinski definition) is 1. The van der Waals surface area contributed by atoms with Crippen LogP contribution in [0.25, 0.3) is 10.4 Å². The van der Waals surface area contributed by atoms with Crippen molar-refractivity contribution in [3.63, 3.8) is 0 Å². The van der Waals surface area contributed by atoms with Gasteiger partial charge in [0, 0.05) is 16.9 Å². The number of aliphatic hydroxyl groups is 1. The number of nitrogens with zero attached hydrogens (tertiary/aromatic N) is 3. The Labute approximate surface area is 113 Å². The molecule has 1 N–H and O–H groups in total. The van der Waals surface area contributed by atoms with Gasteiger partial charge < -0.3 is 19.3 Å². The summed E-state index contributed by atoms with van der Waals surface area (Å²) < 4.78 is 15.9. The van der Waals surface area contributed by atoms with Crippen LogP contribution in [-0.2, 0) is 14.2 Å².